The van der Waals surface area contributed by atoms with E-state index in [1.165, 1.54) is 12.8 Å². The molecule has 14 heavy (non-hydrogen) atoms. The molecule has 4 atom stereocenters. The fourth-order valence-electron chi connectivity index (χ4n) is 4.57. The van der Waals surface area contributed by atoms with Gasteiger partial charge in [0.1, 0.15) is 5.54 Å². The van der Waals surface area contributed by atoms with E-state index in [9.17, 15) is 5.26 Å². The van der Waals surface area contributed by atoms with Gasteiger partial charge in [0.05, 0.1) is 6.07 Å². The van der Waals surface area contributed by atoms with Crippen molar-refractivity contribution in [3.05, 3.63) is 0 Å². The van der Waals surface area contributed by atoms with Crippen molar-refractivity contribution in [2.45, 2.75) is 38.6 Å². The number of nitrogens with two attached hydrogens (primary N) is 1. The van der Waals surface area contributed by atoms with Crippen molar-refractivity contribution in [1.29, 1.82) is 5.26 Å². The minimum atomic E-state index is -0.356. The minimum absolute atomic E-state index is 0.133. The second-order valence-corrected chi connectivity index (χ2v) is 5.79. The molecule has 0 aromatic rings. The molecule has 0 unspecified atom stereocenters. The number of nitriles is 1. The lowest BCUT2D eigenvalue weighted by Gasteiger charge is -2.40. The lowest BCUT2D eigenvalue weighted by Crippen LogP contribution is -2.55. The number of hydrogen-bond acceptors (Lipinski definition) is 3. The van der Waals surface area contributed by atoms with Gasteiger partial charge in [0, 0.05) is 12.0 Å². The molecule has 0 aromatic heterocycles. The smallest absolute Gasteiger partial charge is 0.127 e. The summed E-state index contributed by atoms with van der Waals surface area (Å²) in [5.41, 5.74) is 0.0658. The van der Waals surface area contributed by atoms with Gasteiger partial charge in [-0.2, -0.15) is 5.26 Å². The Bertz CT molecular complexity index is 347. The Hall–Kier alpha value is -0.590. The number of piperidine rings is 1. The van der Waals surface area contributed by atoms with E-state index in [-0.39, 0.29) is 16.4 Å². The van der Waals surface area contributed by atoms with Crippen LogP contribution in [0.5, 0.6) is 0 Å². The SMILES string of the molecule is C[C@@]12CC[C@H]3C[C@@]1(C#N)N(N)C[C@@]32C. The van der Waals surface area contributed by atoms with Crippen molar-refractivity contribution in [2.75, 3.05) is 6.54 Å². The van der Waals surface area contributed by atoms with Gasteiger partial charge >= 0.3 is 0 Å². The Morgan fingerprint density at radius 1 is 1.50 bits per heavy atom. The van der Waals surface area contributed by atoms with Gasteiger partial charge in [-0.1, -0.05) is 13.8 Å². The molecule has 2 aliphatic carbocycles. The van der Waals surface area contributed by atoms with Gasteiger partial charge in [-0.15, -0.1) is 0 Å². The standard InChI is InChI=1S/C11H17N3/c1-9-7-14(13)11(6-12)5-8(9)3-4-10(9,11)2/h8H,3-5,7,13H2,1-2H3/t8-,9-,10-,11-/m0/s1. The van der Waals surface area contributed by atoms with Crippen LogP contribution < -0.4 is 5.84 Å². The zero-order chi connectivity index (χ0) is 10.2. The van der Waals surface area contributed by atoms with Crippen LogP contribution in [0.15, 0.2) is 0 Å². The molecule has 0 radical (unpaired) electrons. The molecule has 76 valence electrons. The van der Waals surface area contributed by atoms with Crippen molar-refractivity contribution < 1.29 is 0 Å². The van der Waals surface area contributed by atoms with Crippen molar-refractivity contribution in [1.82, 2.24) is 5.01 Å². The number of hydrazine groups is 1. The molecule has 4 bridgehead atoms. The molecule has 1 heterocycles. The van der Waals surface area contributed by atoms with Crippen molar-refractivity contribution in [3.63, 3.8) is 0 Å². The highest BCUT2D eigenvalue weighted by Crippen LogP contribution is 2.74. The van der Waals surface area contributed by atoms with E-state index in [2.05, 4.69) is 19.9 Å². The third kappa shape index (κ3) is 0.528. The van der Waals surface area contributed by atoms with Gasteiger partial charge in [-0.05, 0) is 30.6 Å². The summed E-state index contributed by atoms with van der Waals surface area (Å²) in [7, 11) is 0. The Labute approximate surface area is 84.8 Å². The predicted octanol–water partition coefficient (Wildman–Crippen LogP) is 1.26. The molecule has 1 aliphatic heterocycles. The van der Waals surface area contributed by atoms with Gasteiger partial charge in [0.15, 0.2) is 0 Å². The number of rotatable bonds is 0. The number of hydrogen-bond donors (Lipinski definition) is 1. The highest BCUT2D eigenvalue weighted by molar-refractivity contribution is 5.34. The predicted molar refractivity (Wildman–Crippen MR) is 52.8 cm³/mol. The van der Waals surface area contributed by atoms with Crippen molar-refractivity contribution in [3.8, 4) is 6.07 Å². The van der Waals surface area contributed by atoms with Crippen molar-refractivity contribution in [2.24, 2.45) is 22.6 Å². The molecular formula is C11H17N3. The summed E-state index contributed by atoms with van der Waals surface area (Å²) in [6.45, 7) is 5.51. The molecule has 0 aromatic carbocycles. The van der Waals surface area contributed by atoms with Crippen LogP contribution in [-0.4, -0.2) is 17.1 Å². The van der Waals surface area contributed by atoms with E-state index in [4.69, 9.17) is 5.84 Å². The summed E-state index contributed by atoms with van der Waals surface area (Å²) in [5, 5.41) is 11.3. The van der Waals surface area contributed by atoms with Crippen LogP contribution in [0, 0.1) is 28.1 Å². The quantitative estimate of drug-likeness (QED) is 0.586. The maximum absolute atomic E-state index is 9.44. The van der Waals surface area contributed by atoms with Gasteiger partial charge < -0.3 is 0 Å². The lowest BCUT2D eigenvalue weighted by atomic mass is 9.66. The maximum atomic E-state index is 9.44. The molecule has 0 amide bonds. The van der Waals surface area contributed by atoms with Crippen LogP contribution in [0.25, 0.3) is 0 Å². The topological polar surface area (TPSA) is 53.0 Å². The fraction of sp³-hybridized carbons (Fsp3) is 0.909. The molecule has 1 saturated heterocycles. The van der Waals surface area contributed by atoms with Gasteiger partial charge in [-0.3, -0.25) is 5.84 Å². The summed E-state index contributed by atoms with van der Waals surface area (Å²) < 4.78 is 0. The normalized spacial score (nSPS) is 60.6. The van der Waals surface area contributed by atoms with Gasteiger partial charge in [0.25, 0.3) is 0 Å². The van der Waals surface area contributed by atoms with Gasteiger partial charge in [-0.25, -0.2) is 5.01 Å². The molecule has 2 N–H and O–H groups in total. The molecule has 3 heteroatoms. The summed E-state index contributed by atoms with van der Waals surface area (Å²) in [6, 6.07) is 2.52. The van der Waals surface area contributed by atoms with E-state index in [0.29, 0.717) is 0 Å². The Balaban J connectivity index is 2.23. The molecule has 3 nitrogen and oxygen atoms in total. The third-order valence-electron chi connectivity index (χ3n) is 5.78. The van der Waals surface area contributed by atoms with E-state index < -0.39 is 0 Å². The first-order valence-corrected chi connectivity index (χ1v) is 5.44. The van der Waals surface area contributed by atoms with E-state index in [0.717, 1.165) is 18.9 Å². The summed E-state index contributed by atoms with van der Waals surface area (Å²) >= 11 is 0. The average molecular weight is 191 g/mol. The van der Waals surface area contributed by atoms with E-state index in [1.807, 2.05) is 5.01 Å². The van der Waals surface area contributed by atoms with E-state index in [1.54, 1.807) is 0 Å². The first-order valence-electron chi connectivity index (χ1n) is 5.44. The largest absolute Gasteiger partial charge is 0.267 e. The average Bonchev–Trinajstić information content (AvgIpc) is 2.56. The molecule has 2 saturated carbocycles. The summed E-state index contributed by atoms with van der Waals surface area (Å²) in [6.07, 6.45) is 3.46. The van der Waals surface area contributed by atoms with Crippen LogP contribution in [0.2, 0.25) is 0 Å². The zero-order valence-corrected chi connectivity index (χ0v) is 8.88. The molecule has 3 fully saturated rings. The monoisotopic (exact) mass is 191 g/mol. The third-order valence-corrected chi connectivity index (χ3v) is 5.78. The van der Waals surface area contributed by atoms with Crippen LogP contribution in [0.1, 0.15) is 33.1 Å². The van der Waals surface area contributed by atoms with Crippen LogP contribution in [0.4, 0.5) is 0 Å². The number of nitrogens with zero attached hydrogens (tertiary/aromatic N) is 2. The zero-order valence-electron chi connectivity index (χ0n) is 8.88. The second kappa shape index (κ2) is 2.00. The fourth-order valence-corrected chi connectivity index (χ4v) is 4.57. The van der Waals surface area contributed by atoms with E-state index >= 15 is 0 Å². The Kier molecular flexibility index (Phi) is 1.24. The summed E-state index contributed by atoms with van der Waals surface area (Å²) in [5.74, 6) is 6.76. The highest BCUT2D eigenvalue weighted by Gasteiger charge is 2.77. The molecular weight excluding hydrogens is 174 g/mol. The lowest BCUT2D eigenvalue weighted by molar-refractivity contribution is 0.0722. The first-order chi connectivity index (χ1) is 6.50. The maximum Gasteiger partial charge on any atom is 0.127 e. The minimum Gasteiger partial charge on any atom is -0.267 e. The second-order valence-electron chi connectivity index (χ2n) is 5.79. The van der Waals surface area contributed by atoms with Crippen LogP contribution >= 0.6 is 0 Å². The highest BCUT2D eigenvalue weighted by atomic mass is 15.5. The van der Waals surface area contributed by atoms with Crippen LogP contribution in [-0.2, 0) is 0 Å². The molecule has 0 spiro atoms. The van der Waals surface area contributed by atoms with Crippen LogP contribution in [0.3, 0.4) is 0 Å². The Morgan fingerprint density at radius 2 is 2.21 bits per heavy atom. The van der Waals surface area contributed by atoms with Gasteiger partial charge in [0.2, 0.25) is 0 Å². The first kappa shape index (κ1) is 8.70. The summed E-state index contributed by atoms with van der Waals surface area (Å²) in [4.78, 5) is 0. The van der Waals surface area contributed by atoms with Crippen molar-refractivity contribution >= 4 is 0 Å². The Morgan fingerprint density at radius 3 is 2.71 bits per heavy atom. The molecule has 3 rings (SSSR count). The molecule has 3 aliphatic rings.